The van der Waals surface area contributed by atoms with Crippen LogP contribution in [0.1, 0.15) is 37.0 Å². The topological polar surface area (TPSA) is 77.5 Å². The van der Waals surface area contributed by atoms with E-state index in [1.165, 1.54) is 11.1 Å². The van der Waals surface area contributed by atoms with Gasteiger partial charge >= 0.3 is 5.97 Å². The number of hydrazine groups is 2. The number of likely N-dealkylation sites (tertiary alicyclic amines) is 1. The van der Waals surface area contributed by atoms with Crippen LogP contribution in [0.15, 0.2) is 88.8 Å². The predicted octanol–water partition coefficient (Wildman–Crippen LogP) is 3.80. The van der Waals surface area contributed by atoms with Gasteiger partial charge in [0.25, 0.3) is 5.91 Å². The van der Waals surface area contributed by atoms with E-state index in [4.69, 9.17) is 4.74 Å². The summed E-state index contributed by atoms with van der Waals surface area (Å²) in [4.78, 5) is 32.9. The Hall–Kier alpha value is -4.01. The van der Waals surface area contributed by atoms with E-state index in [1.54, 1.807) is 24.3 Å². The number of benzene rings is 2. The van der Waals surface area contributed by atoms with Crippen molar-refractivity contribution in [3.8, 4) is 0 Å². The number of carbonyl (C=O) groups is 2. The smallest absolute Gasteiger partial charge is 0.339 e. The molecule has 1 fully saturated rings. The van der Waals surface area contributed by atoms with Crippen molar-refractivity contribution in [2.45, 2.75) is 32.2 Å². The minimum Gasteiger partial charge on any atom is -0.462 e. The number of aliphatic imine (C=N–C) groups is 1. The van der Waals surface area contributed by atoms with Gasteiger partial charge in [-0.2, -0.15) is 0 Å². The van der Waals surface area contributed by atoms with Crippen molar-refractivity contribution in [1.29, 1.82) is 0 Å². The second-order valence-electron chi connectivity index (χ2n) is 10.5. The molecule has 2 unspecified atom stereocenters. The molecule has 3 aliphatic heterocycles. The Kier molecular flexibility index (Phi) is 6.66. The molecule has 39 heavy (non-hydrogen) atoms. The number of esters is 1. The molecule has 1 spiro atoms. The number of carbonyl (C=O) groups excluding carboxylic acids is 2. The van der Waals surface area contributed by atoms with Crippen LogP contribution in [0.5, 0.6) is 0 Å². The van der Waals surface area contributed by atoms with Gasteiger partial charge in [0.05, 0.1) is 24.3 Å². The molecule has 1 N–H and O–H groups in total. The highest BCUT2D eigenvalue weighted by molar-refractivity contribution is 6.13. The molecule has 1 saturated heterocycles. The fraction of sp³-hybridized carbons (Fsp3) is 0.323. The van der Waals surface area contributed by atoms with Gasteiger partial charge in [-0.05, 0) is 36.0 Å². The average molecular weight is 524 g/mol. The highest BCUT2D eigenvalue weighted by atomic mass is 16.5. The fourth-order valence-corrected chi connectivity index (χ4v) is 6.07. The minimum atomic E-state index is -0.401. The van der Waals surface area contributed by atoms with Crippen molar-refractivity contribution in [3.63, 3.8) is 0 Å². The molecule has 0 aromatic heterocycles. The molecule has 3 heterocycles. The van der Waals surface area contributed by atoms with Gasteiger partial charge in [0.1, 0.15) is 0 Å². The number of rotatable bonds is 6. The maximum atomic E-state index is 13.7. The van der Waals surface area contributed by atoms with E-state index in [1.807, 2.05) is 40.3 Å². The van der Waals surface area contributed by atoms with Crippen molar-refractivity contribution in [2.24, 2.45) is 10.9 Å². The summed E-state index contributed by atoms with van der Waals surface area (Å²) in [6.07, 6.45) is 8.78. The average Bonchev–Trinajstić information content (AvgIpc) is 3.53. The van der Waals surface area contributed by atoms with E-state index in [9.17, 15) is 9.59 Å². The van der Waals surface area contributed by atoms with Gasteiger partial charge in [-0.25, -0.2) is 20.2 Å². The highest BCUT2D eigenvalue weighted by Gasteiger charge is 2.45. The first-order valence-electron chi connectivity index (χ1n) is 13.6. The Morgan fingerprint density at radius 3 is 2.72 bits per heavy atom. The minimum absolute atomic E-state index is 0.0278. The molecule has 0 saturated carbocycles. The SMILES string of the molecule is CCOC(=O)C1=C2N=CC(C(=O)N3CCC4(C=Cc5ccccc54)C(C)C3)=CN2N(NCc2ccccc2)C1. The lowest BCUT2D eigenvalue weighted by Crippen LogP contribution is -2.50. The third-order valence-corrected chi connectivity index (χ3v) is 8.20. The Labute approximate surface area is 228 Å². The Balaban J connectivity index is 1.21. The lowest BCUT2D eigenvalue weighted by Gasteiger charge is -2.44. The van der Waals surface area contributed by atoms with Gasteiger partial charge in [0.15, 0.2) is 5.82 Å². The van der Waals surface area contributed by atoms with Gasteiger partial charge in [0, 0.05) is 37.5 Å². The summed E-state index contributed by atoms with van der Waals surface area (Å²) < 4.78 is 5.28. The lowest BCUT2D eigenvalue weighted by molar-refractivity contribution is -0.138. The van der Waals surface area contributed by atoms with Crippen molar-refractivity contribution >= 4 is 24.2 Å². The third-order valence-electron chi connectivity index (χ3n) is 8.20. The zero-order chi connectivity index (χ0) is 27.0. The molecule has 6 rings (SSSR count). The monoisotopic (exact) mass is 523 g/mol. The van der Waals surface area contributed by atoms with Gasteiger partial charge in [0.2, 0.25) is 0 Å². The normalized spacial score (nSPS) is 23.7. The van der Waals surface area contributed by atoms with Crippen LogP contribution in [0.25, 0.3) is 6.08 Å². The Bertz CT molecular complexity index is 1410. The summed E-state index contributed by atoms with van der Waals surface area (Å²) in [5.74, 6) is 0.298. The number of hydrogen-bond acceptors (Lipinski definition) is 7. The van der Waals surface area contributed by atoms with Crippen molar-refractivity contribution < 1.29 is 14.3 Å². The molecule has 4 aliphatic rings. The number of allylic oxidation sites excluding steroid dienone is 1. The number of ether oxygens (including phenoxy) is 1. The zero-order valence-corrected chi connectivity index (χ0v) is 22.3. The van der Waals surface area contributed by atoms with Gasteiger partial charge in [-0.15, -0.1) is 5.12 Å². The van der Waals surface area contributed by atoms with E-state index in [0.29, 0.717) is 36.6 Å². The number of nitrogens with zero attached hydrogens (tertiary/aromatic N) is 4. The van der Waals surface area contributed by atoms with Crippen LogP contribution in [-0.4, -0.2) is 59.4 Å². The lowest BCUT2D eigenvalue weighted by atomic mass is 9.68. The highest BCUT2D eigenvalue weighted by Crippen LogP contribution is 2.47. The molecule has 0 bridgehead atoms. The maximum Gasteiger partial charge on any atom is 0.339 e. The second kappa shape index (κ2) is 10.3. The quantitative estimate of drug-likeness (QED) is 0.581. The first-order valence-corrected chi connectivity index (χ1v) is 13.6. The van der Waals surface area contributed by atoms with Crippen LogP contribution in [-0.2, 0) is 26.3 Å². The molecular weight excluding hydrogens is 490 g/mol. The second-order valence-corrected chi connectivity index (χ2v) is 10.5. The Morgan fingerprint density at radius 2 is 1.92 bits per heavy atom. The predicted molar refractivity (Wildman–Crippen MR) is 150 cm³/mol. The fourth-order valence-electron chi connectivity index (χ4n) is 6.07. The van der Waals surface area contributed by atoms with Crippen LogP contribution in [0.3, 0.4) is 0 Å². The number of piperidine rings is 1. The number of nitrogens with one attached hydrogen (secondary N) is 1. The summed E-state index contributed by atoms with van der Waals surface area (Å²) >= 11 is 0. The van der Waals surface area contributed by atoms with Crippen LogP contribution >= 0.6 is 0 Å². The van der Waals surface area contributed by atoms with Gasteiger partial charge in [-0.3, -0.25) is 4.79 Å². The zero-order valence-electron chi connectivity index (χ0n) is 22.3. The molecular formula is C31H33N5O3. The van der Waals surface area contributed by atoms with E-state index in [2.05, 4.69) is 53.8 Å². The molecule has 0 radical (unpaired) electrons. The van der Waals surface area contributed by atoms with Gasteiger partial charge < -0.3 is 9.64 Å². The maximum absolute atomic E-state index is 13.7. The van der Waals surface area contributed by atoms with E-state index in [0.717, 1.165) is 12.0 Å². The van der Waals surface area contributed by atoms with Crippen molar-refractivity contribution in [3.05, 3.63) is 101 Å². The van der Waals surface area contributed by atoms with Crippen molar-refractivity contribution in [1.82, 2.24) is 20.5 Å². The van der Waals surface area contributed by atoms with E-state index >= 15 is 0 Å². The van der Waals surface area contributed by atoms with Crippen LogP contribution < -0.4 is 5.43 Å². The first-order chi connectivity index (χ1) is 19.0. The molecule has 1 aliphatic carbocycles. The molecule has 200 valence electrons. The number of hydrogen-bond donors (Lipinski definition) is 1. The largest absolute Gasteiger partial charge is 0.462 e. The number of fused-ring (bicyclic) bond motifs is 3. The summed E-state index contributed by atoms with van der Waals surface area (Å²) in [5.41, 5.74) is 8.03. The van der Waals surface area contributed by atoms with Crippen LogP contribution in [0.2, 0.25) is 0 Å². The molecule has 2 aromatic rings. The van der Waals surface area contributed by atoms with Crippen LogP contribution in [0, 0.1) is 5.92 Å². The third kappa shape index (κ3) is 4.49. The van der Waals surface area contributed by atoms with E-state index < -0.39 is 5.97 Å². The van der Waals surface area contributed by atoms with Crippen LogP contribution in [0.4, 0.5) is 0 Å². The van der Waals surface area contributed by atoms with Gasteiger partial charge in [-0.1, -0.05) is 73.7 Å². The number of amides is 1. The molecule has 1 amide bonds. The summed E-state index contributed by atoms with van der Waals surface area (Å²) in [6, 6.07) is 18.6. The summed E-state index contributed by atoms with van der Waals surface area (Å²) in [7, 11) is 0. The van der Waals surface area contributed by atoms with E-state index in [-0.39, 0.29) is 30.4 Å². The molecule has 2 atom stereocenters. The standard InChI is InChI=1S/C31H33N5O3/c1-3-39-30(38)26-21-36(33-17-23-9-5-4-6-10-23)35-20-25(18-32-28(26)35)29(37)34-16-15-31(22(2)19-34)14-13-24-11-7-8-12-27(24)31/h4-14,18,20,22,33H,3,15-17,19,21H2,1-2H3. The van der Waals surface area contributed by atoms with Crippen molar-refractivity contribution in [2.75, 3.05) is 26.2 Å². The first kappa shape index (κ1) is 25.3. The summed E-state index contributed by atoms with van der Waals surface area (Å²) in [5, 5.41) is 3.57. The molecule has 8 heteroatoms. The Morgan fingerprint density at radius 1 is 1.13 bits per heavy atom. The molecule has 8 nitrogen and oxygen atoms in total. The summed E-state index contributed by atoms with van der Waals surface area (Å²) in [6.45, 7) is 6.47. The molecule has 2 aromatic carbocycles.